The Morgan fingerprint density at radius 1 is 1.53 bits per heavy atom. The predicted molar refractivity (Wildman–Crippen MR) is 65.3 cm³/mol. The summed E-state index contributed by atoms with van der Waals surface area (Å²) in [6.45, 7) is 2.03. The Bertz CT molecular complexity index is 352. The zero-order valence-electron chi connectivity index (χ0n) is 8.75. The van der Waals surface area contributed by atoms with Crippen LogP contribution in [0.2, 0.25) is 5.02 Å². The first-order valence-electron chi connectivity index (χ1n) is 4.63. The monoisotopic (exact) mass is 244 g/mol. The van der Waals surface area contributed by atoms with Gasteiger partial charge in [0.2, 0.25) is 0 Å². The first-order valence-corrected chi connectivity index (χ1v) is 6.16. The number of methoxy groups -OCH3 is 1. The standard InChI is InChI=1S/C11H13ClO2S/c1-3-15-7-10(13)8-4-5-11(14-2)9(12)6-8/h4-6H,3,7H2,1-2H3. The average Bonchev–Trinajstić information content (AvgIpc) is 2.25. The summed E-state index contributed by atoms with van der Waals surface area (Å²) < 4.78 is 5.01. The molecule has 0 unspecified atom stereocenters. The van der Waals surface area contributed by atoms with Crippen molar-refractivity contribution in [1.29, 1.82) is 0 Å². The average molecular weight is 245 g/mol. The SMILES string of the molecule is CCSCC(=O)c1ccc(OC)c(Cl)c1. The summed E-state index contributed by atoms with van der Waals surface area (Å²) in [5.74, 6) is 2.14. The highest BCUT2D eigenvalue weighted by Crippen LogP contribution is 2.25. The van der Waals surface area contributed by atoms with E-state index in [1.807, 2.05) is 6.92 Å². The normalized spacial score (nSPS) is 10.1. The van der Waals surface area contributed by atoms with Gasteiger partial charge in [0.1, 0.15) is 5.75 Å². The molecule has 0 aliphatic carbocycles. The van der Waals surface area contributed by atoms with E-state index in [2.05, 4.69) is 0 Å². The van der Waals surface area contributed by atoms with Crippen LogP contribution in [0.15, 0.2) is 18.2 Å². The van der Waals surface area contributed by atoms with Gasteiger partial charge < -0.3 is 4.74 Å². The van der Waals surface area contributed by atoms with Crippen LogP contribution in [-0.2, 0) is 0 Å². The molecule has 0 aliphatic heterocycles. The minimum Gasteiger partial charge on any atom is -0.495 e. The van der Waals surface area contributed by atoms with Gasteiger partial charge in [-0.2, -0.15) is 11.8 Å². The lowest BCUT2D eigenvalue weighted by atomic mass is 10.1. The Morgan fingerprint density at radius 2 is 2.27 bits per heavy atom. The van der Waals surface area contributed by atoms with Crippen LogP contribution in [0.5, 0.6) is 5.75 Å². The Hall–Kier alpha value is -0.670. The summed E-state index contributed by atoms with van der Waals surface area (Å²) in [6.07, 6.45) is 0. The molecule has 0 saturated heterocycles. The summed E-state index contributed by atoms with van der Waals surface area (Å²) in [5, 5.41) is 0.477. The fraction of sp³-hybridized carbons (Fsp3) is 0.364. The third kappa shape index (κ3) is 3.43. The molecule has 0 aliphatic rings. The summed E-state index contributed by atoms with van der Waals surface area (Å²) in [4.78, 5) is 11.6. The van der Waals surface area contributed by atoms with Gasteiger partial charge in [-0.05, 0) is 24.0 Å². The first kappa shape index (κ1) is 12.4. The van der Waals surface area contributed by atoms with Gasteiger partial charge in [0.15, 0.2) is 5.78 Å². The van der Waals surface area contributed by atoms with Gasteiger partial charge in [-0.25, -0.2) is 0 Å². The van der Waals surface area contributed by atoms with E-state index < -0.39 is 0 Å². The van der Waals surface area contributed by atoms with Gasteiger partial charge in [0.05, 0.1) is 17.9 Å². The molecule has 0 N–H and O–H groups in total. The van der Waals surface area contributed by atoms with Gasteiger partial charge in [-0.15, -0.1) is 0 Å². The zero-order valence-corrected chi connectivity index (χ0v) is 10.3. The van der Waals surface area contributed by atoms with Gasteiger partial charge >= 0.3 is 0 Å². The number of halogens is 1. The molecular formula is C11H13ClO2S. The van der Waals surface area contributed by atoms with Crippen LogP contribution < -0.4 is 4.74 Å². The number of carbonyl (C=O) groups is 1. The maximum atomic E-state index is 11.6. The van der Waals surface area contributed by atoms with Crippen LogP contribution in [-0.4, -0.2) is 24.4 Å². The molecule has 82 valence electrons. The van der Waals surface area contributed by atoms with Crippen LogP contribution in [0.1, 0.15) is 17.3 Å². The second kappa shape index (κ2) is 6.03. The molecule has 15 heavy (non-hydrogen) atoms. The van der Waals surface area contributed by atoms with E-state index in [1.165, 1.54) is 0 Å². The smallest absolute Gasteiger partial charge is 0.172 e. The van der Waals surface area contributed by atoms with Crippen molar-refractivity contribution in [2.45, 2.75) is 6.92 Å². The highest BCUT2D eigenvalue weighted by atomic mass is 35.5. The number of carbonyl (C=O) groups excluding carboxylic acids is 1. The Morgan fingerprint density at radius 3 is 2.80 bits per heavy atom. The minimum absolute atomic E-state index is 0.103. The van der Waals surface area contributed by atoms with Crippen LogP contribution in [0.4, 0.5) is 0 Å². The highest BCUT2D eigenvalue weighted by molar-refractivity contribution is 7.99. The molecule has 4 heteroatoms. The summed E-state index contributed by atoms with van der Waals surface area (Å²) in [6, 6.07) is 5.11. The largest absolute Gasteiger partial charge is 0.495 e. The zero-order chi connectivity index (χ0) is 11.3. The van der Waals surface area contributed by atoms with Crippen molar-refractivity contribution in [3.63, 3.8) is 0 Å². The van der Waals surface area contributed by atoms with E-state index >= 15 is 0 Å². The number of ether oxygens (including phenoxy) is 1. The second-order valence-corrected chi connectivity index (χ2v) is 4.59. The van der Waals surface area contributed by atoms with Crippen LogP contribution in [0, 0.1) is 0 Å². The van der Waals surface area contributed by atoms with Crippen LogP contribution in [0.25, 0.3) is 0 Å². The van der Waals surface area contributed by atoms with Gasteiger partial charge in [-0.3, -0.25) is 4.79 Å². The van der Waals surface area contributed by atoms with Gasteiger partial charge in [0.25, 0.3) is 0 Å². The topological polar surface area (TPSA) is 26.3 Å². The summed E-state index contributed by atoms with van der Waals surface area (Å²) in [5.41, 5.74) is 0.641. The molecule has 0 bridgehead atoms. The molecular weight excluding hydrogens is 232 g/mol. The minimum atomic E-state index is 0.103. The molecule has 0 amide bonds. The fourth-order valence-electron chi connectivity index (χ4n) is 1.12. The number of hydrogen-bond acceptors (Lipinski definition) is 3. The van der Waals surface area contributed by atoms with Crippen molar-refractivity contribution in [3.05, 3.63) is 28.8 Å². The predicted octanol–water partition coefficient (Wildman–Crippen LogP) is 3.28. The quantitative estimate of drug-likeness (QED) is 0.744. The van der Waals surface area contributed by atoms with Crippen molar-refractivity contribution in [2.24, 2.45) is 0 Å². The molecule has 1 aromatic carbocycles. The Balaban J connectivity index is 2.78. The third-order valence-corrected chi connectivity index (χ3v) is 3.08. The van der Waals surface area contributed by atoms with Gasteiger partial charge in [-0.1, -0.05) is 18.5 Å². The highest BCUT2D eigenvalue weighted by Gasteiger charge is 2.08. The number of Topliss-reactive ketones (excluding diaryl/α,β-unsaturated/α-hetero) is 1. The number of thioether (sulfide) groups is 1. The van der Waals surface area contributed by atoms with E-state index in [1.54, 1.807) is 37.1 Å². The lowest BCUT2D eigenvalue weighted by Crippen LogP contribution is -2.02. The van der Waals surface area contributed by atoms with E-state index in [4.69, 9.17) is 16.3 Å². The molecule has 0 aromatic heterocycles. The van der Waals surface area contributed by atoms with Crippen molar-refractivity contribution in [1.82, 2.24) is 0 Å². The van der Waals surface area contributed by atoms with Crippen molar-refractivity contribution in [2.75, 3.05) is 18.6 Å². The summed E-state index contributed by atoms with van der Waals surface area (Å²) in [7, 11) is 1.55. The molecule has 0 radical (unpaired) electrons. The van der Waals surface area contributed by atoms with E-state index in [-0.39, 0.29) is 5.78 Å². The lowest BCUT2D eigenvalue weighted by molar-refractivity contribution is 0.102. The van der Waals surface area contributed by atoms with Crippen molar-refractivity contribution < 1.29 is 9.53 Å². The summed E-state index contributed by atoms with van der Waals surface area (Å²) >= 11 is 7.53. The molecule has 2 nitrogen and oxygen atoms in total. The van der Waals surface area contributed by atoms with Crippen molar-refractivity contribution in [3.8, 4) is 5.75 Å². The maximum Gasteiger partial charge on any atom is 0.172 e. The first-order chi connectivity index (χ1) is 7.19. The van der Waals surface area contributed by atoms with E-state index in [0.29, 0.717) is 22.1 Å². The molecule has 1 aromatic rings. The molecule has 1 rings (SSSR count). The molecule has 0 fully saturated rings. The Labute approximate surface area is 99.0 Å². The number of ketones is 1. The van der Waals surface area contributed by atoms with E-state index in [9.17, 15) is 4.79 Å². The number of benzene rings is 1. The van der Waals surface area contributed by atoms with Crippen LogP contribution in [0.3, 0.4) is 0 Å². The van der Waals surface area contributed by atoms with Gasteiger partial charge in [0, 0.05) is 5.56 Å². The Kier molecular flexibility index (Phi) is 4.99. The second-order valence-electron chi connectivity index (χ2n) is 2.91. The molecule has 0 heterocycles. The lowest BCUT2D eigenvalue weighted by Gasteiger charge is -2.05. The molecule has 0 spiro atoms. The number of rotatable bonds is 5. The molecule has 0 saturated carbocycles. The van der Waals surface area contributed by atoms with Crippen molar-refractivity contribution >= 4 is 29.1 Å². The van der Waals surface area contributed by atoms with Crippen LogP contribution >= 0.6 is 23.4 Å². The fourth-order valence-corrected chi connectivity index (χ4v) is 1.93. The number of hydrogen-bond donors (Lipinski definition) is 0. The maximum absolute atomic E-state index is 11.6. The van der Waals surface area contributed by atoms with E-state index in [0.717, 1.165) is 5.75 Å². The third-order valence-electron chi connectivity index (χ3n) is 1.91. The molecule has 0 atom stereocenters.